The van der Waals surface area contributed by atoms with E-state index in [9.17, 15) is 0 Å². The Labute approximate surface area is 195 Å². The predicted molar refractivity (Wildman–Crippen MR) is 146 cm³/mol. The van der Waals surface area contributed by atoms with Crippen LogP contribution in [-0.2, 0) is 0 Å². The maximum atomic E-state index is 8.64. The van der Waals surface area contributed by atoms with Crippen LogP contribution in [0.15, 0.2) is 91.0 Å². The minimum Gasteiger partial charge on any atom is -0.380 e. The van der Waals surface area contributed by atoms with E-state index < -0.39 is 8.38 Å². The number of hydrogen-bond acceptors (Lipinski definition) is 7. The molecule has 174 valence electrons. The molecule has 0 saturated carbocycles. The van der Waals surface area contributed by atoms with Gasteiger partial charge in [-0.2, -0.15) is 0 Å². The fraction of sp³-hybridized carbons (Fsp3) is 0. The Balaban J connectivity index is -0.000000338. The summed E-state index contributed by atoms with van der Waals surface area (Å²) < 4.78 is 0. The summed E-state index contributed by atoms with van der Waals surface area (Å²) in [6.45, 7) is 0. The van der Waals surface area contributed by atoms with Gasteiger partial charge in [0.2, 0.25) is 0 Å². The Kier molecular flexibility index (Phi) is 34.4. The Morgan fingerprint density at radius 2 is 0.742 bits per heavy atom. The van der Waals surface area contributed by atoms with Crippen LogP contribution in [-0.4, -0.2) is 34.3 Å². The second-order valence-electron chi connectivity index (χ2n) is 4.58. The van der Waals surface area contributed by atoms with Crippen molar-refractivity contribution in [3.63, 3.8) is 0 Å². The summed E-state index contributed by atoms with van der Waals surface area (Å²) in [6, 6.07) is 27.9. The third-order valence-electron chi connectivity index (χ3n) is 2.79. The maximum absolute atomic E-state index is 8.64. The lowest BCUT2D eigenvalue weighted by Crippen LogP contribution is -1.96. The average Bonchev–Trinajstić information content (AvgIpc) is 2.90. The molecule has 3 aromatic carbocycles. The molecule has 5 atom stereocenters. The summed E-state index contributed by atoms with van der Waals surface area (Å²) in [5.41, 5.74) is 0. The van der Waals surface area contributed by atoms with E-state index in [1.165, 1.54) is 28.4 Å². The zero-order valence-electron chi connectivity index (χ0n) is 16.5. The second-order valence-corrected chi connectivity index (χ2v) is 7.28. The van der Waals surface area contributed by atoms with Crippen molar-refractivity contribution < 1.29 is 34.3 Å². The molecule has 0 heterocycles. The predicted octanol–water partition coefficient (Wildman–Crippen LogP) is 1.71. The van der Waals surface area contributed by atoms with Gasteiger partial charge in [0.1, 0.15) is 0 Å². The zero-order valence-corrected chi connectivity index (χ0v) is 22.8. The summed E-state index contributed by atoms with van der Waals surface area (Å²) in [5.74, 6) is 0. The lowest BCUT2D eigenvalue weighted by atomic mass is 10.4. The van der Waals surface area contributed by atoms with Crippen LogP contribution in [0.4, 0.5) is 0 Å². The number of rotatable bonds is 3. The first-order valence-corrected chi connectivity index (χ1v) is 12.8. The van der Waals surface area contributed by atoms with E-state index in [0.29, 0.717) is 5.30 Å². The molecular weight excluding hydrogens is 514 g/mol. The summed E-state index contributed by atoms with van der Waals surface area (Å²) >= 11 is 0. The highest BCUT2D eigenvalue weighted by molar-refractivity contribution is 7.54. The van der Waals surface area contributed by atoms with Gasteiger partial charge in [-0.15, -0.1) is 0 Å². The van der Waals surface area contributed by atoms with Crippen molar-refractivity contribution in [3.8, 4) is 0 Å². The van der Waals surface area contributed by atoms with E-state index in [2.05, 4.69) is 0 Å². The van der Waals surface area contributed by atoms with Gasteiger partial charge in [-0.25, -0.2) is 0 Å². The van der Waals surface area contributed by atoms with Crippen molar-refractivity contribution in [1.82, 2.24) is 0 Å². The van der Waals surface area contributed by atoms with Crippen molar-refractivity contribution >= 4 is 70.3 Å². The molecule has 0 aromatic heterocycles. The van der Waals surface area contributed by atoms with E-state index in [4.69, 9.17) is 34.3 Å². The monoisotopic (exact) mass is 544 g/mol. The normalized spacial score (nSPS) is 9.00. The summed E-state index contributed by atoms with van der Waals surface area (Å²) in [4.78, 5) is 55.2. The largest absolute Gasteiger partial charge is 0.380 e. The first-order valence-electron chi connectivity index (χ1n) is 8.08. The smallest absolute Gasteiger partial charge is 0.199 e. The third kappa shape index (κ3) is 22.9. The molecule has 5 unspecified atom stereocenters. The van der Waals surface area contributed by atoms with E-state index in [0.717, 1.165) is 10.6 Å². The van der Waals surface area contributed by atoms with Crippen LogP contribution in [0, 0.1) is 0 Å². The highest BCUT2D eigenvalue weighted by Gasteiger charge is 1.98. The van der Waals surface area contributed by atoms with Crippen molar-refractivity contribution in [1.29, 1.82) is 0 Å². The molecule has 7 nitrogen and oxygen atoms in total. The number of hydrogen-bond donors (Lipinski definition) is 7. The third-order valence-corrected chi connectivity index (χ3v) is 4.74. The van der Waals surface area contributed by atoms with Gasteiger partial charge in [0.25, 0.3) is 0 Å². The lowest BCUT2D eigenvalue weighted by Gasteiger charge is -1.98. The van der Waals surface area contributed by atoms with Crippen molar-refractivity contribution in [2.24, 2.45) is 0 Å². The molecule has 0 spiro atoms. The van der Waals surface area contributed by atoms with Crippen molar-refractivity contribution in [2.75, 3.05) is 0 Å². The maximum Gasteiger partial charge on any atom is 0.199 e. The van der Waals surface area contributed by atoms with Gasteiger partial charge in [0.05, 0.1) is 0 Å². The summed E-state index contributed by atoms with van der Waals surface area (Å²) in [5, 5.41) is 2.58. The molecule has 0 aliphatic carbocycles. The molecule has 0 fully saturated rings. The van der Waals surface area contributed by atoms with E-state index in [1.807, 2.05) is 66.7 Å². The SMILES string of the molecule is OP.OP.OP.OP(O)c1ccccc1.OPc1ccccc1.OPc1ccccc1. The fourth-order valence-electron chi connectivity index (χ4n) is 1.59. The van der Waals surface area contributed by atoms with Crippen LogP contribution < -0.4 is 15.9 Å². The average molecular weight is 544 g/mol. The molecule has 0 bridgehead atoms. The zero-order chi connectivity index (χ0) is 24.3. The van der Waals surface area contributed by atoms with Crippen molar-refractivity contribution in [3.05, 3.63) is 91.0 Å². The van der Waals surface area contributed by atoms with Crippen LogP contribution in [0.1, 0.15) is 0 Å². The first-order chi connectivity index (χ1) is 15.2. The molecule has 3 rings (SSSR count). The molecule has 0 aliphatic heterocycles. The molecule has 0 amide bonds. The van der Waals surface area contributed by atoms with Gasteiger partial charge in [0, 0.05) is 22.9 Å². The van der Waals surface area contributed by atoms with Crippen LogP contribution in [0.25, 0.3) is 0 Å². The molecule has 31 heavy (non-hydrogen) atoms. The second kappa shape index (κ2) is 30.0. The van der Waals surface area contributed by atoms with Gasteiger partial charge in [-0.1, -0.05) is 78.9 Å². The van der Waals surface area contributed by atoms with Crippen LogP contribution in [0.3, 0.4) is 0 Å². The highest BCUT2D eigenvalue weighted by atomic mass is 31.2. The molecule has 3 aromatic rings. The Hall–Kier alpha value is -0.0400. The van der Waals surface area contributed by atoms with E-state index >= 15 is 0 Å². The van der Waals surface area contributed by atoms with Gasteiger partial charge < -0.3 is 34.3 Å². The van der Waals surface area contributed by atoms with E-state index in [-0.39, 0.29) is 17.6 Å². The molecular formula is C18H30O7P6. The minimum absolute atomic E-state index is 0.0700. The Morgan fingerprint density at radius 3 is 0.903 bits per heavy atom. The van der Waals surface area contributed by atoms with Gasteiger partial charge >= 0.3 is 0 Å². The Morgan fingerprint density at radius 1 is 0.484 bits per heavy atom. The molecule has 0 saturated heterocycles. The first kappa shape index (κ1) is 35.5. The van der Waals surface area contributed by atoms with E-state index in [1.54, 1.807) is 24.3 Å². The molecule has 7 N–H and O–H groups in total. The summed E-state index contributed by atoms with van der Waals surface area (Å²) in [7, 11) is 2.21. The van der Waals surface area contributed by atoms with Gasteiger partial charge in [0.15, 0.2) is 8.38 Å². The molecule has 13 heteroatoms. The van der Waals surface area contributed by atoms with Crippen LogP contribution in [0.5, 0.6) is 0 Å². The highest BCUT2D eigenvalue weighted by Crippen LogP contribution is 2.20. The minimum atomic E-state index is -1.90. The van der Waals surface area contributed by atoms with Gasteiger partial charge in [-0.05, 0) is 51.1 Å². The van der Waals surface area contributed by atoms with Crippen LogP contribution in [0.2, 0.25) is 0 Å². The lowest BCUT2D eigenvalue weighted by molar-refractivity contribution is 0.497. The Bertz CT molecular complexity index is 643. The number of benzene rings is 3. The fourth-order valence-corrected chi connectivity index (χ4v) is 2.71. The quantitative estimate of drug-likeness (QED) is 0.249. The molecule has 0 aliphatic rings. The summed E-state index contributed by atoms with van der Waals surface area (Å²) in [6.07, 6.45) is 0. The topological polar surface area (TPSA) is 142 Å². The standard InChI is InChI=1S/C6H7O2P.2C6H7OP.3H3OP/c7-9(8)6-4-2-1-3-5-6;2*7-8-6-4-2-1-3-5-6;3*1-2/h1-5,7-8H;2*1-5,7-8H;3*1H,2H2. The molecule has 0 radical (unpaired) electrons. The van der Waals surface area contributed by atoms with Crippen molar-refractivity contribution in [2.45, 2.75) is 0 Å². The van der Waals surface area contributed by atoms with Crippen LogP contribution >= 0.6 is 54.4 Å². The van der Waals surface area contributed by atoms with Gasteiger partial charge in [-0.3, -0.25) is 0 Å².